The van der Waals surface area contributed by atoms with E-state index in [9.17, 15) is 0 Å². The first-order valence-electron chi connectivity index (χ1n) is 5.51. The van der Waals surface area contributed by atoms with Crippen molar-refractivity contribution >= 4 is 20.6 Å². The van der Waals surface area contributed by atoms with Gasteiger partial charge in [0.2, 0.25) is 9.04 Å². The molecule has 1 radical (unpaired) electrons. The Morgan fingerprint density at radius 3 is 2.69 bits per heavy atom. The summed E-state index contributed by atoms with van der Waals surface area (Å²) in [5.74, 6) is 0. The van der Waals surface area contributed by atoms with E-state index in [1.165, 1.54) is 5.56 Å². The van der Waals surface area contributed by atoms with Crippen LogP contribution < -0.4 is 0 Å². The van der Waals surface area contributed by atoms with Crippen LogP contribution in [0.2, 0.25) is 18.1 Å². The van der Waals surface area contributed by atoms with Crippen molar-refractivity contribution in [3.8, 4) is 0 Å². The Morgan fingerprint density at radius 2 is 2.00 bits per heavy atom. The van der Waals surface area contributed by atoms with Gasteiger partial charge in [0, 0.05) is 11.6 Å². The third-order valence-electron chi connectivity index (χ3n) is 2.14. The van der Waals surface area contributed by atoms with Crippen molar-refractivity contribution in [1.82, 2.24) is 0 Å². The number of allylic oxidation sites excluding steroid dienone is 1. The molecule has 1 aromatic rings. The summed E-state index contributed by atoms with van der Waals surface area (Å²) >= 11 is 6.05. The first-order chi connectivity index (χ1) is 7.70. The highest BCUT2D eigenvalue weighted by atomic mass is 35.5. The zero-order valence-electron chi connectivity index (χ0n) is 9.87. The van der Waals surface area contributed by atoms with E-state index in [1.807, 2.05) is 18.2 Å². The van der Waals surface area contributed by atoms with Gasteiger partial charge in [-0.3, -0.25) is 0 Å². The summed E-state index contributed by atoms with van der Waals surface area (Å²) in [4.78, 5) is 0. The fourth-order valence-corrected chi connectivity index (χ4v) is 2.06. The molecule has 0 unspecified atom stereocenters. The molecule has 1 nitrogen and oxygen atoms in total. The average molecular weight is 254 g/mol. The second-order valence-electron chi connectivity index (χ2n) is 3.81. The zero-order chi connectivity index (χ0) is 11.8. The van der Waals surface area contributed by atoms with Crippen LogP contribution in [-0.4, -0.2) is 15.6 Å². The van der Waals surface area contributed by atoms with Crippen LogP contribution in [0.1, 0.15) is 12.0 Å². The van der Waals surface area contributed by atoms with Gasteiger partial charge in [-0.05, 0) is 37.6 Å². The molecule has 0 spiro atoms. The van der Waals surface area contributed by atoms with Gasteiger partial charge in [-0.15, -0.1) is 0 Å². The van der Waals surface area contributed by atoms with Crippen LogP contribution in [0, 0.1) is 0 Å². The molecule has 3 heteroatoms. The number of hydrogen-bond donors (Lipinski definition) is 0. The Balaban J connectivity index is 2.24. The molecule has 0 atom stereocenters. The minimum atomic E-state index is -0.535. The lowest BCUT2D eigenvalue weighted by Crippen LogP contribution is -2.07. The average Bonchev–Trinajstić information content (AvgIpc) is 2.25. The van der Waals surface area contributed by atoms with Crippen LogP contribution in [0.15, 0.2) is 36.4 Å². The van der Waals surface area contributed by atoms with Gasteiger partial charge < -0.3 is 4.43 Å². The molecule has 0 saturated heterocycles. The summed E-state index contributed by atoms with van der Waals surface area (Å²) in [5.41, 5.74) is 1.18. The maximum absolute atomic E-state index is 6.05. The molecule has 0 fully saturated rings. The van der Waals surface area contributed by atoms with Gasteiger partial charge in [-0.25, -0.2) is 0 Å². The van der Waals surface area contributed by atoms with E-state index >= 15 is 0 Å². The van der Waals surface area contributed by atoms with Crippen LogP contribution >= 0.6 is 11.6 Å². The highest BCUT2D eigenvalue weighted by Gasteiger charge is 1.95. The lowest BCUT2D eigenvalue weighted by atomic mass is 10.1. The molecular weight excluding hydrogens is 236 g/mol. The summed E-state index contributed by atoms with van der Waals surface area (Å²) in [5, 5.41) is 0.844. The molecule has 87 valence electrons. The first-order valence-corrected chi connectivity index (χ1v) is 8.30. The SMILES string of the molecule is C[Si](C)OCCC=CCc1ccccc1Cl. The number of hydrogen-bond acceptors (Lipinski definition) is 1. The molecule has 0 N–H and O–H groups in total. The van der Waals surface area contributed by atoms with Gasteiger partial charge in [0.05, 0.1) is 0 Å². The summed E-state index contributed by atoms with van der Waals surface area (Å²) in [6, 6.07) is 7.95. The highest BCUT2D eigenvalue weighted by molar-refractivity contribution is 6.48. The fraction of sp³-hybridized carbons (Fsp3) is 0.385. The molecule has 16 heavy (non-hydrogen) atoms. The number of rotatable bonds is 6. The van der Waals surface area contributed by atoms with Crippen LogP contribution in [0.5, 0.6) is 0 Å². The Labute approximate surface area is 105 Å². The molecule has 1 aromatic carbocycles. The maximum Gasteiger partial charge on any atom is 0.204 e. The van der Waals surface area contributed by atoms with Gasteiger partial charge in [-0.2, -0.15) is 0 Å². The largest absolute Gasteiger partial charge is 0.417 e. The van der Waals surface area contributed by atoms with Gasteiger partial charge in [0.25, 0.3) is 0 Å². The van der Waals surface area contributed by atoms with E-state index < -0.39 is 9.04 Å². The molecule has 0 saturated carbocycles. The maximum atomic E-state index is 6.05. The Bertz CT molecular complexity index is 336. The predicted octanol–water partition coefficient (Wildman–Crippen LogP) is 4.10. The number of benzene rings is 1. The van der Waals surface area contributed by atoms with Gasteiger partial charge in [0.1, 0.15) is 0 Å². The third-order valence-corrected chi connectivity index (χ3v) is 3.29. The Morgan fingerprint density at radius 1 is 1.25 bits per heavy atom. The normalized spacial score (nSPS) is 11.5. The predicted molar refractivity (Wildman–Crippen MR) is 72.3 cm³/mol. The Kier molecular flexibility index (Phi) is 6.46. The minimum absolute atomic E-state index is 0.535. The molecular formula is C13H18ClOSi. The van der Waals surface area contributed by atoms with Crippen molar-refractivity contribution in [1.29, 1.82) is 0 Å². The Hall–Kier alpha value is -0.573. The molecule has 0 heterocycles. The van der Waals surface area contributed by atoms with Crippen molar-refractivity contribution in [2.24, 2.45) is 0 Å². The molecule has 0 bridgehead atoms. The lowest BCUT2D eigenvalue weighted by molar-refractivity contribution is 0.334. The van der Waals surface area contributed by atoms with Crippen molar-refractivity contribution < 1.29 is 4.43 Å². The lowest BCUT2D eigenvalue weighted by Gasteiger charge is -2.02. The van der Waals surface area contributed by atoms with Crippen LogP contribution in [-0.2, 0) is 10.8 Å². The van der Waals surface area contributed by atoms with E-state index in [0.717, 1.165) is 24.5 Å². The van der Waals surface area contributed by atoms with Crippen LogP contribution in [0.4, 0.5) is 0 Å². The van der Waals surface area contributed by atoms with Crippen LogP contribution in [0.3, 0.4) is 0 Å². The first kappa shape index (κ1) is 13.5. The molecule has 1 rings (SSSR count). The van der Waals surface area contributed by atoms with Crippen molar-refractivity contribution in [2.75, 3.05) is 6.61 Å². The van der Waals surface area contributed by atoms with Gasteiger partial charge >= 0.3 is 0 Å². The standard InChI is InChI=1S/C13H18ClOSi/c1-16(2)15-11-7-3-4-8-12-9-5-6-10-13(12)14/h3-6,9-10H,7-8,11H2,1-2H3. The molecule has 0 aliphatic heterocycles. The molecule has 0 amide bonds. The van der Waals surface area contributed by atoms with Crippen molar-refractivity contribution in [2.45, 2.75) is 25.9 Å². The van der Waals surface area contributed by atoms with Crippen LogP contribution in [0.25, 0.3) is 0 Å². The molecule has 0 aliphatic rings. The van der Waals surface area contributed by atoms with E-state index in [2.05, 4.69) is 31.3 Å². The van der Waals surface area contributed by atoms with Gasteiger partial charge in [-0.1, -0.05) is 42.0 Å². The van der Waals surface area contributed by atoms with E-state index in [-0.39, 0.29) is 0 Å². The second-order valence-corrected chi connectivity index (χ2v) is 6.32. The number of halogens is 1. The topological polar surface area (TPSA) is 9.23 Å². The summed E-state index contributed by atoms with van der Waals surface area (Å²) in [6.45, 7) is 5.14. The summed E-state index contributed by atoms with van der Waals surface area (Å²) in [7, 11) is -0.535. The smallest absolute Gasteiger partial charge is 0.204 e. The quantitative estimate of drug-likeness (QED) is 0.421. The second kappa shape index (κ2) is 7.66. The fourth-order valence-electron chi connectivity index (χ4n) is 1.32. The van der Waals surface area contributed by atoms with E-state index in [0.29, 0.717) is 0 Å². The van der Waals surface area contributed by atoms with E-state index in [1.54, 1.807) is 0 Å². The summed E-state index contributed by atoms with van der Waals surface area (Å²) in [6.07, 6.45) is 6.20. The van der Waals surface area contributed by atoms with Gasteiger partial charge in [0.15, 0.2) is 0 Å². The van der Waals surface area contributed by atoms with E-state index in [4.69, 9.17) is 16.0 Å². The van der Waals surface area contributed by atoms with Crippen molar-refractivity contribution in [3.63, 3.8) is 0 Å². The third kappa shape index (κ3) is 5.49. The minimum Gasteiger partial charge on any atom is -0.417 e. The monoisotopic (exact) mass is 253 g/mol. The molecule has 0 aromatic heterocycles. The molecule has 0 aliphatic carbocycles. The summed E-state index contributed by atoms with van der Waals surface area (Å²) < 4.78 is 5.54. The highest BCUT2D eigenvalue weighted by Crippen LogP contribution is 2.15. The zero-order valence-corrected chi connectivity index (χ0v) is 11.6. The van der Waals surface area contributed by atoms with Crippen molar-refractivity contribution in [3.05, 3.63) is 47.0 Å².